The van der Waals surface area contributed by atoms with Crippen LogP contribution in [0.4, 0.5) is 5.69 Å². The molecule has 2 N–H and O–H groups in total. The van der Waals surface area contributed by atoms with Gasteiger partial charge in [-0.25, -0.2) is 4.79 Å². The summed E-state index contributed by atoms with van der Waals surface area (Å²) in [5, 5.41) is 22.8. The molecule has 0 bridgehead atoms. The zero-order valence-corrected chi connectivity index (χ0v) is 14.5. The molecule has 3 rings (SSSR count). The number of pyridine rings is 1. The third-order valence-electron chi connectivity index (χ3n) is 3.91. The fourth-order valence-electron chi connectivity index (χ4n) is 2.63. The van der Waals surface area contributed by atoms with Gasteiger partial charge in [0.1, 0.15) is 11.3 Å². The molecule has 0 radical (unpaired) electrons. The number of rotatable bonds is 5. The van der Waals surface area contributed by atoms with E-state index in [0.29, 0.717) is 39.5 Å². The number of ether oxygens (including phenoxy) is 1. The second-order valence-electron chi connectivity index (χ2n) is 5.52. The van der Waals surface area contributed by atoms with Gasteiger partial charge in [0.25, 0.3) is 0 Å². The normalized spacial score (nSPS) is 10.3. The van der Waals surface area contributed by atoms with Crippen molar-refractivity contribution < 1.29 is 14.6 Å². The topological polar surface area (TPSA) is 95.2 Å². The zero-order chi connectivity index (χ0) is 18.7. The van der Waals surface area contributed by atoms with Gasteiger partial charge in [-0.1, -0.05) is 17.7 Å². The van der Waals surface area contributed by atoms with Crippen LogP contribution in [0.1, 0.15) is 21.5 Å². The minimum absolute atomic E-state index is 0.0344. The highest BCUT2D eigenvalue weighted by Crippen LogP contribution is 2.29. The summed E-state index contributed by atoms with van der Waals surface area (Å²) >= 11 is 6.13. The lowest BCUT2D eigenvalue weighted by atomic mass is 10.1. The average molecular weight is 368 g/mol. The van der Waals surface area contributed by atoms with Gasteiger partial charge in [-0.05, 0) is 35.9 Å². The molecule has 0 amide bonds. The fraction of sp³-hybridized carbons (Fsp3) is 0.105. The molecule has 0 aliphatic rings. The monoisotopic (exact) mass is 367 g/mol. The number of anilines is 1. The number of hydrogen-bond donors (Lipinski definition) is 2. The maximum Gasteiger partial charge on any atom is 0.339 e. The second kappa shape index (κ2) is 7.30. The predicted molar refractivity (Wildman–Crippen MR) is 98.7 cm³/mol. The molecule has 1 heterocycles. The van der Waals surface area contributed by atoms with Gasteiger partial charge in [0.15, 0.2) is 0 Å². The molecule has 0 atom stereocenters. The fourth-order valence-corrected chi connectivity index (χ4v) is 2.91. The number of fused-ring (bicyclic) bond motifs is 1. The van der Waals surface area contributed by atoms with E-state index < -0.39 is 5.97 Å². The Morgan fingerprint density at radius 3 is 2.81 bits per heavy atom. The van der Waals surface area contributed by atoms with Gasteiger partial charge < -0.3 is 15.2 Å². The minimum Gasteiger partial charge on any atom is -0.495 e. The van der Waals surface area contributed by atoms with E-state index in [2.05, 4.69) is 16.4 Å². The molecule has 7 heteroatoms. The summed E-state index contributed by atoms with van der Waals surface area (Å²) in [7, 11) is 1.54. The van der Waals surface area contributed by atoms with Gasteiger partial charge in [-0.2, -0.15) is 5.26 Å². The molecular weight excluding hydrogens is 354 g/mol. The van der Waals surface area contributed by atoms with E-state index in [-0.39, 0.29) is 5.56 Å². The predicted octanol–water partition coefficient (Wildman–Crippen LogP) is 4.08. The highest BCUT2D eigenvalue weighted by Gasteiger charge is 2.15. The van der Waals surface area contributed by atoms with Crippen molar-refractivity contribution in [3.8, 4) is 11.8 Å². The Morgan fingerprint density at radius 2 is 2.15 bits per heavy atom. The Hall–Kier alpha value is -3.30. The van der Waals surface area contributed by atoms with Crippen LogP contribution in [0.25, 0.3) is 10.9 Å². The highest BCUT2D eigenvalue weighted by molar-refractivity contribution is 6.32. The Bertz CT molecular complexity index is 1040. The summed E-state index contributed by atoms with van der Waals surface area (Å²) in [6.45, 7) is 0.347. The van der Waals surface area contributed by atoms with Crippen molar-refractivity contribution in [3.05, 3.63) is 64.3 Å². The number of aromatic carboxylic acids is 1. The second-order valence-corrected chi connectivity index (χ2v) is 5.93. The lowest BCUT2D eigenvalue weighted by Gasteiger charge is -2.13. The van der Waals surface area contributed by atoms with Crippen molar-refractivity contribution in [1.29, 1.82) is 5.26 Å². The summed E-state index contributed by atoms with van der Waals surface area (Å²) in [6.07, 6.45) is 1.31. The number of nitrogens with one attached hydrogen (secondary N) is 1. The molecule has 0 saturated heterocycles. The van der Waals surface area contributed by atoms with Crippen LogP contribution in [0.15, 0.2) is 42.6 Å². The SMILES string of the molecule is COc1ccc(CNc2c(C(=O)O)cnc3ccc(C#N)cc23)cc1Cl. The van der Waals surface area contributed by atoms with Gasteiger partial charge >= 0.3 is 5.97 Å². The van der Waals surface area contributed by atoms with Crippen molar-refractivity contribution in [1.82, 2.24) is 4.98 Å². The third-order valence-corrected chi connectivity index (χ3v) is 4.21. The molecule has 0 aliphatic heterocycles. The molecule has 0 saturated carbocycles. The van der Waals surface area contributed by atoms with E-state index in [1.807, 2.05) is 6.07 Å². The quantitative estimate of drug-likeness (QED) is 0.705. The summed E-state index contributed by atoms with van der Waals surface area (Å²) in [5.74, 6) is -0.535. The number of carbonyl (C=O) groups is 1. The number of halogens is 1. The summed E-state index contributed by atoms with van der Waals surface area (Å²) < 4.78 is 5.13. The van der Waals surface area contributed by atoms with Gasteiger partial charge in [0.2, 0.25) is 0 Å². The first-order chi connectivity index (χ1) is 12.5. The number of carboxylic acid groups (broad SMARTS) is 1. The van der Waals surface area contributed by atoms with Crippen LogP contribution < -0.4 is 10.1 Å². The zero-order valence-electron chi connectivity index (χ0n) is 13.8. The van der Waals surface area contributed by atoms with Crippen molar-refractivity contribution in [2.24, 2.45) is 0 Å². The number of benzene rings is 2. The van der Waals surface area contributed by atoms with Crippen LogP contribution in [-0.2, 0) is 6.54 Å². The summed E-state index contributed by atoms with van der Waals surface area (Å²) in [5.41, 5.74) is 2.33. The maximum atomic E-state index is 11.6. The van der Waals surface area contributed by atoms with Crippen LogP contribution in [0.2, 0.25) is 5.02 Å². The molecule has 130 valence electrons. The molecule has 0 aliphatic carbocycles. The molecule has 0 spiro atoms. The van der Waals surface area contributed by atoms with Crippen molar-refractivity contribution in [2.45, 2.75) is 6.54 Å². The number of nitriles is 1. The Morgan fingerprint density at radius 1 is 1.35 bits per heavy atom. The van der Waals surface area contributed by atoms with Gasteiger partial charge in [-0.15, -0.1) is 0 Å². The standard InChI is InChI=1S/C19H14ClN3O3/c1-26-17-5-3-12(7-15(17)20)9-23-18-13-6-11(8-21)2-4-16(13)22-10-14(18)19(24)25/h2-7,10H,9H2,1H3,(H,22,23)(H,24,25). The van der Waals surface area contributed by atoms with E-state index in [9.17, 15) is 9.90 Å². The maximum absolute atomic E-state index is 11.6. The molecule has 3 aromatic rings. The first-order valence-corrected chi connectivity index (χ1v) is 8.03. The molecule has 2 aromatic carbocycles. The van der Waals surface area contributed by atoms with E-state index >= 15 is 0 Å². The van der Waals surface area contributed by atoms with Gasteiger partial charge in [0, 0.05) is 18.1 Å². The van der Waals surface area contributed by atoms with Gasteiger partial charge in [0.05, 0.1) is 35.0 Å². The highest BCUT2D eigenvalue weighted by atomic mass is 35.5. The molecular formula is C19H14ClN3O3. The Balaban J connectivity index is 2.02. The lowest BCUT2D eigenvalue weighted by Crippen LogP contribution is -2.08. The third kappa shape index (κ3) is 3.39. The molecule has 26 heavy (non-hydrogen) atoms. The van der Waals surface area contributed by atoms with Crippen LogP contribution >= 0.6 is 11.6 Å². The van der Waals surface area contributed by atoms with Crippen molar-refractivity contribution in [3.63, 3.8) is 0 Å². The van der Waals surface area contributed by atoms with Crippen LogP contribution in [-0.4, -0.2) is 23.2 Å². The van der Waals surface area contributed by atoms with Crippen LogP contribution in [0.5, 0.6) is 5.75 Å². The first-order valence-electron chi connectivity index (χ1n) is 7.66. The number of carboxylic acids is 1. The van der Waals surface area contributed by atoms with Crippen molar-refractivity contribution >= 4 is 34.2 Å². The Labute approximate surface area is 154 Å². The number of aromatic nitrogens is 1. The smallest absolute Gasteiger partial charge is 0.339 e. The van der Waals surface area contributed by atoms with Gasteiger partial charge in [-0.3, -0.25) is 4.98 Å². The lowest BCUT2D eigenvalue weighted by molar-refractivity contribution is 0.0697. The minimum atomic E-state index is -1.10. The molecule has 0 unspecified atom stereocenters. The van der Waals surface area contributed by atoms with Crippen LogP contribution in [0, 0.1) is 11.3 Å². The number of hydrogen-bond acceptors (Lipinski definition) is 5. The molecule has 1 aromatic heterocycles. The molecule has 6 nitrogen and oxygen atoms in total. The van der Waals surface area contributed by atoms with Crippen LogP contribution in [0.3, 0.4) is 0 Å². The molecule has 0 fully saturated rings. The summed E-state index contributed by atoms with van der Waals surface area (Å²) in [6, 6.07) is 12.3. The Kier molecular flexibility index (Phi) is 4.92. The van der Waals surface area contributed by atoms with E-state index in [1.165, 1.54) is 13.3 Å². The average Bonchev–Trinajstić information content (AvgIpc) is 2.65. The largest absolute Gasteiger partial charge is 0.495 e. The number of nitrogens with zero attached hydrogens (tertiary/aromatic N) is 2. The summed E-state index contributed by atoms with van der Waals surface area (Å²) in [4.78, 5) is 15.7. The van der Waals surface area contributed by atoms with E-state index in [1.54, 1.807) is 30.3 Å². The number of methoxy groups -OCH3 is 1. The van der Waals surface area contributed by atoms with E-state index in [0.717, 1.165) is 5.56 Å². The first kappa shape index (κ1) is 17.5. The van der Waals surface area contributed by atoms with Crippen molar-refractivity contribution in [2.75, 3.05) is 12.4 Å². The van der Waals surface area contributed by atoms with E-state index in [4.69, 9.17) is 21.6 Å².